The van der Waals surface area contributed by atoms with E-state index in [0.717, 1.165) is 17.2 Å². The van der Waals surface area contributed by atoms with Gasteiger partial charge >= 0.3 is 0 Å². The molecule has 1 fully saturated rings. The first-order valence-electron chi connectivity index (χ1n) is 4.88. The monoisotopic (exact) mass is 189 g/mol. The Morgan fingerprint density at radius 1 is 1.43 bits per heavy atom. The van der Waals surface area contributed by atoms with Crippen molar-refractivity contribution >= 4 is 11.5 Å². The molecule has 0 aliphatic heterocycles. The molecule has 1 aromatic carbocycles. The van der Waals surface area contributed by atoms with Gasteiger partial charge in [0.05, 0.1) is 0 Å². The molecule has 14 heavy (non-hydrogen) atoms. The first kappa shape index (κ1) is 9.06. The van der Waals surface area contributed by atoms with Crippen LogP contribution in [0.5, 0.6) is 0 Å². The van der Waals surface area contributed by atoms with Gasteiger partial charge in [-0.3, -0.25) is 5.41 Å². The fourth-order valence-electron chi connectivity index (χ4n) is 1.48. The number of amidine groups is 1. The Morgan fingerprint density at radius 3 is 2.43 bits per heavy atom. The first-order chi connectivity index (χ1) is 6.66. The summed E-state index contributed by atoms with van der Waals surface area (Å²) in [4.78, 5) is 0. The molecule has 1 saturated carbocycles. The Bertz CT molecular complexity index is 342. The largest absolute Gasteiger partial charge is 0.384 e. The number of rotatable bonds is 3. The van der Waals surface area contributed by atoms with Crippen LogP contribution in [-0.4, -0.2) is 11.9 Å². The summed E-state index contributed by atoms with van der Waals surface area (Å²) in [6.45, 7) is 2.24. The van der Waals surface area contributed by atoms with E-state index in [0.29, 0.717) is 6.04 Å². The van der Waals surface area contributed by atoms with Crippen LogP contribution in [0, 0.1) is 11.3 Å². The maximum atomic E-state index is 7.25. The number of hydrogen-bond acceptors (Lipinski definition) is 2. The molecular formula is C11H15N3. The molecule has 2 atom stereocenters. The molecule has 3 nitrogen and oxygen atoms in total. The minimum absolute atomic E-state index is 0.122. The molecule has 0 radical (unpaired) electrons. The van der Waals surface area contributed by atoms with Gasteiger partial charge in [-0.25, -0.2) is 0 Å². The van der Waals surface area contributed by atoms with Crippen LogP contribution in [0.25, 0.3) is 0 Å². The lowest BCUT2D eigenvalue weighted by Crippen LogP contribution is -2.11. The van der Waals surface area contributed by atoms with Crippen LogP contribution in [0.4, 0.5) is 5.69 Å². The molecule has 0 heterocycles. The van der Waals surface area contributed by atoms with Gasteiger partial charge in [-0.2, -0.15) is 0 Å². The van der Waals surface area contributed by atoms with Gasteiger partial charge in [-0.05, 0) is 36.6 Å². The molecule has 1 aromatic rings. The number of nitrogen functional groups attached to an aromatic ring is 1. The Kier molecular flexibility index (Phi) is 2.15. The molecule has 0 amide bonds. The number of anilines is 1. The fraction of sp³-hybridized carbons (Fsp3) is 0.364. The topological polar surface area (TPSA) is 61.9 Å². The molecule has 0 bridgehead atoms. The van der Waals surface area contributed by atoms with Crippen molar-refractivity contribution in [2.45, 2.75) is 19.4 Å². The molecule has 0 saturated heterocycles. The van der Waals surface area contributed by atoms with E-state index in [2.05, 4.69) is 12.2 Å². The van der Waals surface area contributed by atoms with Gasteiger partial charge in [0.25, 0.3) is 0 Å². The standard InChI is InChI=1S/C11H15N3/c1-7-6-10(7)14-9-4-2-8(3-5-9)11(12)13/h2-5,7,10,14H,6H2,1H3,(H3,12,13). The summed E-state index contributed by atoms with van der Waals surface area (Å²) < 4.78 is 0. The van der Waals surface area contributed by atoms with Crippen LogP contribution < -0.4 is 11.1 Å². The van der Waals surface area contributed by atoms with Gasteiger partial charge < -0.3 is 11.1 Å². The Labute approximate surface area is 83.8 Å². The summed E-state index contributed by atoms with van der Waals surface area (Å²) in [7, 11) is 0. The summed E-state index contributed by atoms with van der Waals surface area (Å²) in [5.41, 5.74) is 7.25. The highest BCUT2D eigenvalue weighted by atomic mass is 15.0. The number of hydrogen-bond donors (Lipinski definition) is 3. The van der Waals surface area contributed by atoms with E-state index in [4.69, 9.17) is 11.1 Å². The number of nitrogens with one attached hydrogen (secondary N) is 2. The van der Waals surface area contributed by atoms with Crippen molar-refractivity contribution in [3.8, 4) is 0 Å². The van der Waals surface area contributed by atoms with Gasteiger partial charge in [-0.1, -0.05) is 6.92 Å². The van der Waals surface area contributed by atoms with Crippen molar-refractivity contribution in [1.29, 1.82) is 5.41 Å². The predicted molar refractivity (Wildman–Crippen MR) is 58.6 cm³/mol. The summed E-state index contributed by atoms with van der Waals surface area (Å²) in [5, 5.41) is 10.7. The summed E-state index contributed by atoms with van der Waals surface area (Å²) in [6, 6.07) is 8.33. The van der Waals surface area contributed by atoms with E-state index in [1.807, 2.05) is 24.3 Å². The lowest BCUT2D eigenvalue weighted by molar-refractivity contribution is 0.929. The zero-order valence-electron chi connectivity index (χ0n) is 8.25. The van der Waals surface area contributed by atoms with Crippen LogP contribution in [0.3, 0.4) is 0 Å². The quantitative estimate of drug-likeness (QED) is 0.501. The van der Waals surface area contributed by atoms with Crippen molar-refractivity contribution < 1.29 is 0 Å². The van der Waals surface area contributed by atoms with Gasteiger partial charge in [-0.15, -0.1) is 0 Å². The Morgan fingerprint density at radius 2 is 2.00 bits per heavy atom. The van der Waals surface area contributed by atoms with E-state index >= 15 is 0 Å². The van der Waals surface area contributed by atoms with E-state index in [-0.39, 0.29) is 5.84 Å². The van der Waals surface area contributed by atoms with Crippen LogP contribution in [0.1, 0.15) is 18.9 Å². The second-order valence-electron chi connectivity index (χ2n) is 3.95. The van der Waals surface area contributed by atoms with Crippen molar-refractivity contribution in [2.24, 2.45) is 11.7 Å². The Balaban J connectivity index is 2.02. The third-order valence-electron chi connectivity index (χ3n) is 2.66. The smallest absolute Gasteiger partial charge is 0.122 e. The lowest BCUT2D eigenvalue weighted by atomic mass is 10.2. The van der Waals surface area contributed by atoms with Gasteiger partial charge in [0.1, 0.15) is 5.84 Å². The third-order valence-corrected chi connectivity index (χ3v) is 2.66. The highest BCUT2D eigenvalue weighted by molar-refractivity contribution is 5.95. The molecule has 2 rings (SSSR count). The van der Waals surface area contributed by atoms with Gasteiger partial charge in [0, 0.05) is 17.3 Å². The van der Waals surface area contributed by atoms with Crippen LogP contribution in [0.15, 0.2) is 24.3 Å². The van der Waals surface area contributed by atoms with Crippen molar-refractivity contribution in [1.82, 2.24) is 0 Å². The fourth-order valence-corrected chi connectivity index (χ4v) is 1.48. The zero-order chi connectivity index (χ0) is 10.1. The highest BCUT2D eigenvalue weighted by Crippen LogP contribution is 2.32. The average molecular weight is 189 g/mol. The maximum Gasteiger partial charge on any atom is 0.122 e. The number of nitrogens with two attached hydrogens (primary N) is 1. The highest BCUT2D eigenvalue weighted by Gasteiger charge is 2.32. The third kappa shape index (κ3) is 1.87. The first-order valence-corrected chi connectivity index (χ1v) is 4.88. The summed E-state index contributed by atoms with van der Waals surface area (Å²) >= 11 is 0. The molecule has 74 valence electrons. The van der Waals surface area contributed by atoms with E-state index in [9.17, 15) is 0 Å². The molecule has 1 aliphatic carbocycles. The zero-order valence-corrected chi connectivity index (χ0v) is 8.25. The van der Waals surface area contributed by atoms with Crippen LogP contribution in [-0.2, 0) is 0 Å². The van der Waals surface area contributed by atoms with E-state index < -0.39 is 0 Å². The van der Waals surface area contributed by atoms with Crippen molar-refractivity contribution in [3.05, 3.63) is 29.8 Å². The molecule has 2 unspecified atom stereocenters. The minimum Gasteiger partial charge on any atom is -0.384 e. The summed E-state index contributed by atoms with van der Waals surface area (Å²) in [6.07, 6.45) is 1.26. The second kappa shape index (κ2) is 3.33. The minimum atomic E-state index is 0.122. The molecule has 1 aliphatic rings. The lowest BCUT2D eigenvalue weighted by Gasteiger charge is -2.05. The van der Waals surface area contributed by atoms with Crippen LogP contribution in [0.2, 0.25) is 0 Å². The van der Waals surface area contributed by atoms with Gasteiger partial charge in [0.15, 0.2) is 0 Å². The molecule has 3 heteroatoms. The number of benzene rings is 1. The average Bonchev–Trinajstić information content (AvgIpc) is 2.82. The van der Waals surface area contributed by atoms with Crippen molar-refractivity contribution in [2.75, 3.05) is 5.32 Å². The normalized spacial score (nSPS) is 24.4. The van der Waals surface area contributed by atoms with E-state index in [1.54, 1.807) is 0 Å². The molecule has 4 N–H and O–H groups in total. The summed E-state index contributed by atoms with van der Waals surface area (Å²) in [5.74, 6) is 0.916. The SMILES string of the molecule is CC1CC1Nc1ccc(C(=N)N)cc1. The predicted octanol–water partition coefficient (Wildman–Crippen LogP) is 1.79. The van der Waals surface area contributed by atoms with Gasteiger partial charge in [0.2, 0.25) is 0 Å². The second-order valence-corrected chi connectivity index (χ2v) is 3.95. The van der Waals surface area contributed by atoms with Crippen LogP contribution >= 0.6 is 0 Å². The van der Waals surface area contributed by atoms with E-state index in [1.165, 1.54) is 6.42 Å². The molecule has 0 spiro atoms. The van der Waals surface area contributed by atoms with Crippen molar-refractivity contribution in [3.63, 3.8) is 0 Å². The molecule has 0 aromatic heterocycles. The maximum absolute atomic E-state index is 7.25. The molecular weight excluding hydrogens is 174 g/mol. The Hall–Kier alpha value is -1.51.